The summed E-state index contributed by atoms with van der Waals surface area (Å²) in [6, 6.07) is 12.2. The Balaban J connectivity index is 1.93. The van der Waals surface area contributed by atoms with Crippen LogP contribution in [0.15, 0.2) is 81.1 Å². The van der Waals surface area contributed by atoms with Crippen molar-refractivity contribution in [3.8, 4) is 0 Å². The number of esters is 1. The number of rotatable bonds is 6. The van der Waals surface area contributed by atoms with Gasteiger partial charge in [0.05, 0.1) is 21.8 Å². The number of aromatic nitrogens is 1. The lowest BCUT2D eigenvalue weighted by atomic mass is 9.96. The Morgan fingerprint density at radius 1 is 1.26 bits per heavy atom. The van der Waals surface area contributed by atoms with E-state index in [1.807, 2.05) is 30.5 Å². The number of hydrogen-bond donors (Lipinski definition) is 0. The van der Waals surface area contributed by atoms with Crippen molar-refractivity contribution in [2.24, 2.45) is 4.99 Å². The molecule has 3 aromatic rings. The summed E-state index contributed by atoms with van der Waals surface area (Å²) < 4.78 is 7.35. The Morgan fingerprint density at radius 2 is 2.00 bits per heavy atom. The number of carbonyl (C=O) groups is 1. The molecule has 9 heteroatoms. The predicted octanol–water partition coefficient (Wildman–Crippen LogP) is 4.99. The van der Waals surface area contributed by atoms with Gasteiger partial charge in [-0.15, -0.1) is 11.8 Å². The van der Waals surface area contributed by atoms with E-state index < -0.39 is 12.0 Å². The van der Waals surface area contributed by atoms with Gasteiger partial charge in [0.25, 0.3) is 5.56 Å². The zero-order valence-electron chi connectivity index (χ0n) is 18.4. The van der Waals surface area contributed by atoms with Crippen LogP contribution in [0, 0.1) is 0 Å². The van der Waals surface area contributed by atoms with Crippen LogP contribution in [0.2, 0.25) is 10.0 Å². The number of fused-ring (bicyclic) bond motifs is 1. The van der Waals surface area contributed by atoms with Crippen LogP contribution < -0.4 is 14.9 Å². The maximum atomic E-state index is 13.6. The third-order valence-electron chi connectivity index (χ3n) is 5.25. The molecule has 0 bridgehead atoms. The van der Waals surface area contributed by atoms with Gasteiger partial charge in [-0.2, -0.15) is 0 Å². The molecule has 1 aliphatic heterocycles. The molecule has 1 unspecified atom stereocenters. The fraction of sp³-hybridized carbons (Fsp3) is 0.160. The molecule has 0 amide bonds. The highest BCUT2D eigenvalue weighted by molar-refractivity contribution is 7.98. The second-order valence-corrected chi connectivity index (χ2v) is 10.1. The van der Waals surface area contributed by atoms with E-state index in [-0.39, 0.29) is 12.2 Å². The smallest absolute Gasteiger partial charge is 0.338 e. The van der Waals surface area contributed by atoms with Crippen LogP contribution in [-0.2, 0) is 9.53 Å². The van der Waals surface area contributed by atoms with Crippen LogP contribution >= 0.6 is 46.3 Å². The van der Waals surface area contributed by atoms with Gasteiger partial charge in [0.15, 0.2) is 4.80 Å². The van der Waals surface area contributed by atoms with Crippen LogP contribution in [0.4, 0.5) is 0 Å². The Kier molecular flexibility index (Phi) is 7.48. The average Bonchev–Trinajstić information content (AvgIpc) is 3.13. The molecule has 1 aliphatic rings. The molecular formula is C25H20Cl2N2O3S2. The Hall–Kier alpha value is -2.58. The molecule has 0 saturated carbocycles. The Labute approximate surface area is 214 Å². The van der Waals surface area contributed by atoms with Gasteiger partial charge in [-0.25, -0.2) is 9.79 Å². The lowest BCUT2D eigenvalue weighted by Gasteiger charge is -2.24. The molecule has 34 heavy (non-hydrogen) atoms. The highest BCUT2D eigenvalue weighted by Crippen LogP contribution is 2.31. The number of thioether (sulfide) groups is 1. The molecule has 2 aromatic carbocycles. The first-order chi connectivity index (χ1) is 16.3. The topological polar surface area (TPSA) is 60.7 Å². The minimum absolute atomic E-state index is 0.0627. The number of nitrogens with zero attached hydrogens (tertiary/aromatic N) is 2. The molecule has 0 N–H and O–H groups in total. The van der Waals surface area contributed by atoms with Gasteiger partial charge in [0.1, 0.15) is 6.61 Å². The van der Waals surface area contributed by atoms with E-state index in [1.54, 1.807) is 47.5 Å². The first-order valence-electron chi connectivity index (χ1n) is 10.2. The molecule has 1 atom stereocenters. The van der Waals surface area contributed by atoms with Crippen molar-refractivity contribution < 1.29 is 9.53 Å². The summed E-state index contributed by atoms with van der Waals surface area (Å²) in [4.78, 5) is 32.8. The maximum absolute atomic E-state index is 13.6. The van der Waals surface area contributed by atoms with Crippen molar-refractivity contribution in [2.45, 2.75) is 17.9 Å². The fourth-order valence-electron chi connectivity index (χ4n) is 3.66. The van der Waals surface area contributed by atoms with Crippen LogP contribution in [0.25, 0.3) is 6.08 Å². The van der Waals surface area contributed by atoms with Crippen molar-refractivity contribution in [1.82, 2.24) is 4.57 Å². The fourth-order valence-corrected chi connectivity index (χ4v) is 5.57. The van der Waals surface area contributed by atoms with Crippen LogP contribution in [0.3, 0.4) is 0 Å². The van der Waals surface area contributed by atoms with E-state index in [2.05, 4.69) is 11.6 Å². The predicted molar refractivity (Wildman–Crippen MR) is 140 cm³/mol. The summed E-state index contributed by atoms with van der Waals surface area (Å²) in [5.41, 5.74) is 2.01. The van der Waals surface area contributed by atoms with Gasteiger partial charge >= 0.3 is 5.97 Å². The SMILES string of the molecule is C=CCOC(=O)C1=C(C)N=c2sc(=Cc3ccc(Cl)cc3Cl)c(=O)n2C1c1ccc(SC)cc1. The lowest BCUT2D eigenvalue weighted by Crippen LogP contribution is -2.39. The zero-order chi connectivity index (χ0) is 24.4. The van der Waals surface area contributed by atoms with Gasteiger partial charge in [-0.05, 0) is 54.6 Å². The van der Waals surface area contributed by atoms with Crippen LogP contribution in [0.5, 0.6) is 0 Å². The number of allylic oxidation sites excluding steroid dienone is 1. The molecule has 0 radical (unpaired) electrons. The molecule has 5 nitrogen and oxygen atoms in total. The molecule has 0 saturated heterocycles. The molecule has 2 heterocycles. The molecule has 174 valence electrons. The maximum Gasteiger partial charge on any atom is 0.338 e. The largest absolute Gasteiger partial charge is 0.458 e. The van der Waals surface area contributed by atoms with Crippen molar-refractivity contribution in [3.05, 3.63) is 107 Å². The van der Waals surface area contributed by atoms with E-state index in [0.717, 1.165) is 10.5 Å². The summed E-state index contributed by atoms with van der Waals surface area (Å²) in [5.74, 6) is -0.532. The van der Waals surface area contributed by atoms with Crippen molar-refractivity contribution >= 4 is 58.3 Å². The van der Waals surface area contributed by atoms with Crippen LogP contribution in [0.1, 0.15) is 24.1 Å². The van der Waals surface area contributed by atoms with Crippen LogP contribution in [-0.4, -0.2) is 23.4 Å². The highest BCUT2D eigenvalue weighted by Gasteiger charge is 2.33. The molecular weight excluding hydrogens is 511 g/mol. The number of ether oxygens (including phenoxy) is 1. The summed E-state index contributed by atoms with van der Waals surface area (Å²) in [7, 11) is 0. The Bertz CT molecular complexity index is 1490. The summed E-state index contributed by atoms with van der Waals surface area (Å²) >= 11 is 15.2. The lowest BCUT2D eigenvalue weighted by molar-refractivity contribution is -0.138. The molecule has 0 fully saturated rings. The third kappa shape index (κ3) is 4.79. The minimum Gasteiger partial charge on any atom is -0.458 e. The summed E-state index contributed by atoms with van der Waals surface area (Å²) in [6.07, 6.45) is 5.20. The second kappa shape index (κ2) is 10.4. The number of hydrogen-bond acceptors (Lipinski definition) is 6. The van der Waals surface area contributed by atoms with Gasteiger partial charge in [-0.3, -0.25) is 9.36 Å². The Morgan fingerprint density at radius 3 is 2.65 bits per heavy atom. The first kappa shape index (κ1) is 24.5. The quantitative estimate of drug-likeness (QED) is 0.256. The molecule has 0 spiro atoms. The third-order valence-corrected chi connectivity index (χ3v) is 7.54. The van der Waals surface area contributed by atoms with E-state index in [9.17, 15) is 9.59 Å². The van der Waals surface area contributed by atoms with Crippen molar-refractivity contribution in [3.63, 3.8) is 0 Å². The van der Waals surface area contributed by atoms with E-state index in [1.165, 1.54) is 17.4 Å². The molecule has 0 aliphatic carbocycles. The molecule has 1 aromatic heterocycles. The van der Waals surface area contributed by atoms with E-state index >= 15 is 0 Å². The number of thiazole rings is 1. The van der Waals surface area contributed by atoms with Crippen molar-refractivity contribution in [2.75, 3.05) is 12.9 Å². The minimum atomic E-state index is -0.674. The van der Waals surface area contributed by atoms with Gasteiger partial charge in [0.2, 0.25) is 0 Å². The van der Waals surface area contributed by atoms with Gasteiger partial charge in [-0.1, -0.05) is 65.4 Å². The monoisotopic (exact) mass is 530 g/mol. The number of halogens is 2. The summed E-state index contributed by atoms with van der Waals surface area (Å²) in [5, 5.41) is 0.947. The number of benzene rings is 2. The first-order valence-corrected chi connectivity index (χ1v) is 13.0. The van der Waals surface area contributed by atoms with E-state index in [4.69, 9.17) is 27.9 Å². The second-order valence-electron chi connectivity index (χ2n) is 7.41. The zero-order valence-corrected chi connectivity index (χ0v) is 21.5. The van der Waals surface area contributed by atoms with Crippen molar-refractivity contribution in [1.29, 1.82) is 0 Å². The normalized spacial score (nSPS) is 15.6. The number of carbonyl (C=O) groups excluding carboxylic acids is 1. The van der Waals surface area contributed by atoms with Gasteiger partial charge in [0, 0.05) is 14.9 Å². The average molecular weight is 531 g/mol. The summed E-state index contributed by atoms with van der Waals surface area (Å²) in [6.45, 7) is 5.42. The van der Waals surface area contributed by atoms with Gasteiger partial charge < -0.3 is 4.74 Å². The van der Waals surface area contributed by atoms with E-state index in [0.29, 0.717) is 36.2 Å². The standard InChI is InChI=1S/C25H20Cl2N2O3S2/c1-4-11-32-24(31)21-14(2)28-25-29(22(21)15-6-9-18(33-3)10-7-15)23(30)20(34-25)12-16-5-8-17(26)13-19(16)27/h4-10,12-13,22H,1,11H2,2-3H3. The molecule has 4 rings (SSSR count). The highest BCUT2D eigenvalue weighted by atomic mass is 35.5.